The van der Waals surface area contributed by atoms with Gasteiger partial charge in [-0.1, -0.05) is 45.0 Å². The van der Waals surface area contributed by atoms with Gasteiger partial charge in [0.25, 0.3) is 0 Å². The van der Waals surface area contributed by atoms with E-state index in [0.717, 1.165) is 61.0 Å². The lowest BCUT2D eigenvalue weighted by molar-refractivity contribution is -0.123. The zero-order valence-electron chi connectivity index (χ0n) is 22.2. The van der Waals surface area contributed by atoms with E-state index in [4.69, 9.17) is 0 Å². The minimum absolute atomic E-state index is 0.0689. The van der Waals surface area contributed by atoms with Crippen LogP contribution in [-0.2, 0) is 4.79 Å². The van der Waals surface area contributed by atoms with Gasteiger partial charge in [-0.3, -0.25) is 14.9 Å². The molecule has 0 spiro atoms. The van der Waals surface area contributed by atoms with Gasteiger partial charge >= 0.3 is 0 Å². The van der Waals surface area contributed by atoms with Gasteiger partial charge in [0, 0.05) is 33.5 Å². The zero-order chi connectivity index (χ0) is 27.3. The van der Waals surface area contributed by atoms with Crippen molar-refractivity contribution in [3.05, 3.63) is 90.5 Å². The molecule has 0 fully saturated rings. The van der Waals surface area contributed by atoms with E-state index in [1.807, 2.05) is 70.2 Å². The first-order valence-electron chi connectivity index (χ1n) is 12.8. The van der Waals surface area contributed by atoms with E-state index >= 15 is 0 Å². The largest absolute Gasteiger partial charge is 0.353 e. The highest BCUT2D eigenvalue weighted by molar-refractivity contribution is 6.02. The number of aryl methyl sites for hydroxylation is 1. The van der Waals surface area contributed by atoms with Crippen molar-refractivity contribution in [1.82, 2.24) is 20.2 Å². The Kier molecular flexibility index (Phi) is 5.79. The molecule has 7 heteroatoms. The zero-order valence-corrected chi connectivity index (χ0v) is 22.2. The van der Waals surface area contributed by atoms with E-state index < -0.39 is 5.41 Å². The fourth-order valence-electron chi connectivity index (χ4n) is 4.81. The fourth-order valence-corrected chi connectivity index (χ4v) is 4.81. The van der Waals surface area contributed by atoms with Crippen LogP contribution in [0.2, 0.25) is 0 Å². The number of rotatable bonds is 4. The summed E-state index contributed by atoms with van der Waals surface area (Å²) < 4.78 is 14.2. The second-order valence-electron chi connectivity index (χ2n) is 11.0. The lowest BCUT2D eigenvalue weighted by Crippen LogP contribution is -2.27. The van der Waals surface area contributed by atoms with Gasteiger partial charge in [-0.2, -0.15) is 5.10 Å². The lowest BCUT2D eigenvalue weighted by Gasteiger charge is -2.17. The van der Waals surface area contributed by atoms with Crippen molar-refractivity contribution >= 4 is 33.4 Å². The molecule has 6 aromatic rings. The summed E-state index contributed by atoms with van der Waals surface area (Å²) in [7, 11) is 0. The van der Waals surface area contributed by atoms with Crippen molar-refractivity contribution in [2.75, 3.05) is 5.32 Å². The number of hydrogen-bond donors (Lipinski definition) is 3. The molecule has 0 unspecified atom stereocenters. The first-order chi connectivity index (χ1) is 18.7. The molecule has 0 saturated heterocycles. The van der Waals surface area contributed by atoms with Crippen molar-refractivity contribution in [1.29, 1.82) is 0 Å². The van der Waals surface area contributed by atoms with Gasteiger partial charge in [0.2, 0.25) is 5.91 Å². The average Bonchev–Trinajstić information content (AvgIpc) is 3.51. The number of nitrogens with one attached hydrogen (secondary N) is 3. The molecular formula is C32H28FN5O. The normalized spacial score (nSPS) is 11.8. The molecule has 6 nitrogen and oxygen atoms in total. The predicted octanol–water partition coefficient (Wildman–Crippen LogP) is 7.87. The Hall–Kier alpha value is -4.78. The van der Waals surface area contributed by atoms with Crippen LogP contribution in [0.25, 0.3) is 55.4 Å². The van der Waals surface area contributed by atoms with Crippen LogP contribution in [0.5, 0.6) is 0 Å². The summed E-state index contributed by atoms with van der Waals surface area (Å²) in [4.78, 5) is 20.3. The van der Waals surface area contributed by atoms with Crippen LogP contribution >= 0.6 is 0 Å². The highest BCUT2D eigenvalue weighted by Gasteiger charge is 2.21. The molecule has 3 aromatic carbocycles. The van der Waals surface area contributed by atoms with Crippen LogP contribution in [0.15, 0.2) is 79.1 Å². The molecule has 1 amide bonds. The van der Waals surface area contributed by atoms with Gasteiger partial charge in [0.1, 0.15) is 11.5 Å². The Morgan fingerprint density at radius 3 is 2.51 bits per heavy atom. The summed E-state index contributed by atoms with van der Waals surface area (Å²) in [5.74, 6) is -0.319. The number of aromatic nitrogens is 4. The molecule has 39 heavy (non-hydrogen) atoms. The summed E-state index contributed by atoms with van der Waals surface area (Å²) in [6.45, 7) is 7.52. The number of nitrogens with zero attached hydrogens (tertiary/aromatic N) is 2. The van der Waals surface area contributed by atoms with Crippen molar-refractivity contribution in [2.45, 2.75) is 27.7 Å². The Bertz CT molecular complexity index is 1860. The lowest BCUT2D eigenvalue weighted by atomic mass is 9.95. The highest BCUT2D eigenvalue weighted by atomic mass is 19.1. The summed E-state index contributed by atoms with van der Waals surface area (Å²) >= 11 is 0. The van der Waals surface area contributed by atoms with Crippen LogP contribution < -0.4 is 5.32 Å². The number of amides is 1. The molecule has 0 radical (unpaired) electrons. The Balaban J connectivity index is 1.41. The average molecular weight is 518 g/mol. The van der Waals surface area contributed by atoms with Crippen molar-refractivity contribution in [3.8, 4) is 33.6 Å². The summed E-state index contributed by atoms with van der Waals surface area (Å²) in [5.41, 5.74) is 8.15. The molecule has 194 valence electrons. The number of anilines is 1. The van der Waals surface area contributed by atoms with Gasteiger partial charge in [0.05, 0.1) is 23.1 Å². The third-order valence-electron chi connectivity index (χ3n) is 6.85. The molecule has 6 rings (SSSR count). The topological polar surface area (TPSA) is 86.5 Å². The van der Waals surface area contributed by atoms with Crippen molar-refractivity contribution < 1.29 is 9.18 Å². The molecule has 3 N–H and O–H groups in total. The Labute approximate surface area is 225 Å². The molecule has 0 aliphatic carbocycles. The maximum absolute atomic E-state index is 14.2. The molecule has 3 heterocycles. The molecular weight excluding hydrogens is 489 g/mol. The number of pyridine rings is 1. The van der Waals surface area contributed by atoms with Gasteiger partial charge in [-0.05, 0) is 71.6 Å². The highest BCUT2D eigenvalue weighted by Crippen LogP contribution is 2.36. The third-order valence-corrected chi connectivity index (χ3v) is 6.85. The van der Waals surface area contributed by atoms with Gasteiger partial charge in [0.15, 0.2) is 0 Å². The summed E-state index contributed by atoms with van der Waals surface area (Å²) in [6.07, 6.45) is 3.43. The van der Waals surface area contributed by atoms with Crippen LogP contribution in [-0.4, -0.2) is 26.1 Å². The molecule has 3 aromatic heterocycles. The van der Waals surface area contributed by atoms with Crippen molar-refractivity contribution in [3.63, 3.8) is 0 Å². The predicted molar refractivity (Wildman–Crippen MR) is 155 cm³/mol. The first-order valence-corrected chi connectivity index (χ1v) is 12.8. The van der Waals surface area contributed by atoms with E-state index in [2.05, 4.69) is 37.6 Å². The quantitative estimate of drug-likeness (QED) is 0.222. The fraction of sp³-hybridized carbons (Fsp3) is 0.156. The van der Waals surface area contributed by atoms with Gasteiger partial charge < -0.3 is 10.3 Å². The number of aromatic amines is 2. The second kappa shape index (κ2) is 9.20. The van der Waals surface area contributed by atoms with Crippen LogP contribution in [0.3, 0.4) is 0 Å². The minimum Gasteiger partial charge on any atom is -0.353 e. The number of H-pyrrole nitrogens is 2. The Morgan fingerprint density at radius 1 is 0.872 bits per heavy atom. The number of carbonyl (C=O) groups excluding carboxylic acids is 1. The number of fused-ring (bicyclic) bond motifs is 2. The summed E-state index contributed by atoms with van der Waals surface area (Å²) in [5, 5.41) is 12.7. The summed E-state index contributed by atoms with van der Waals surface area (Å²) in [6, 6.07) is 21.1. The van der Waals surface area contributed by atoms with E-state index in [9.17, 15) is 9.18 Å². The van der Waals surface area contributed by atoms with Crippen LogP contribution in [0.4, 0.5) is 10.1 Å². The second-order valence-corrected chi connectivity index (χ2v) is 11.0. The first kappa shape index (κ1) is 24.6. The third kappa shape index (κ3) is 4.68. The maximum atomic E-state index is 14.2. The van der Waals surface area contributed by atoms with Crippen molar-refractivity contribution in [2.24, 2.45) is 5.41 Å². The number of benzene rings is 3. The molecule has 0 aliphatic rings. The SMILES string of the molecule is Cc1cc(F)cc(-c2cccc3[nH]c(-c4n[nH]c5ccc(-c6cncc(NC(=O)C(C)(C)C)c6)cc45)cc23)c1. The molecule has 0 atom stereocenters. The molecule has 0 bridgehead atoms. The van der Waals surface area contributed by atoms with E-state index in [1.54, 1.807) is 18.5 Å². The van der Waals surface area contributed by atoms with Gasteiger partial charge in [-0.25, -0.2) is 4.39 Å². The monoisotopic (exact) mass is 517 g/mol. The number of carbonyl (C=O) groups is 1. The molecule has 0 aliphatic heterocycles. The van der Waals surface area contributed by atoms with Gasteiger partial charge in [-0.15, -0.1) is 0 Å². The molecule has 0 saturated carbocycles. The van der Waals surface area contributed by atoms with E-state index in [0.29, 0.717) is 5.69 Å². The van der Waals surface area contributed by atoms with Crippen LogP contribution in [0, 0.1) is 18.2 Å². The van der Waals surface area contributed by atoms with Crippen LogP contribution in [0.1, 0.15) is 26.3 Å². The van der Waals surface area contributed by atoms with E-state index in [1.165, 1.54) is 6.07 Å². The van der Waals surface area contributed by atoms with E-state index in [-0.39, 0.29) is 11.7 Å². The standard InChI is InChI=1S/C32H28FN5O/c1-18-10-20(12-22(33)11-18)24-6-5-7-27-25(24)15-29(36-27)30-26-14-19(8-9-28(26)37-38-30)21-13-23(17-34-16-21)35-31(39)32(2,3)4/h5-17,36H,1-4H3,(H,35,39)(H,37,38). The Morgan fingerprint density at radius 2 is 1.72 bits per heavy atom. The maximum Gasteiger partial charge on any atom is 0.229 e. The smallest absolute Gasteiger partial charge is 0.229 e. The minimum atomic E-state index is -0.506. The number of halogens is 1. The number of hydrogen-bond acceptors (Lipinski definition) is 3.